The van der Waals surface area contributed by atoms with Gasteiger partial charge in [-0.1, -0.05) is 23.8 Å². The van der Waals surface area contributed by atoms with Crippen molar-refractivity contribution in [2.45, 2.75) is 30.8 Å². The van der Waals surface area contributed by atoms with E-state index in [0.717, 1.165) is 17.7 Å². The summed E-state index contributed by atoms with van der Waals surface area (Å²) in [6.45, 7) is 2.96. The van der Waals surface area contributed by atoms with Crippen LogP contribution in [-0.2, 0) is 9.53 Å². The number of hydrogen-bond donors (Lipinski definition) is 1. The predicted molar refractivity (Wildman–Crippen MR) is 138 cm³/mol. The lowest BCUT2D eigenvalue weighted by molar-refractivity contribution is -0.113. The Bertz CT molecular complexity index is 1300. The standard InChI is InChI=1S/C28H26N2O5S/c1-18-7-10-23(11-8-18)36-17-26(31)29-19-4-2-5-20(14-19)35-21-9-12-24-25(15-21)28(33)30(27(24)32)16-22-6-3-13-34-22/h2,4-5,7-12,14-15,22H,3,6,13,16-17H2,1H3,(H,29,31). The highest BCUT2D eigenvalue weighted by Crippen LogP contribution is 2.31. The lowest BCUT2D eigenvalue weighted by Gasteiger charge is -2.17. The summed E-state index contributed by atoms with van der Waals surface area (Å²) < 4.78 is 11.5. The van der Waals surface area contributed by atoms with Crippen LogP contribution in [0.2, 0.25) is 0 Å². The topological polar surface area (TPSA) is 84.9 Å². The Kier molecular flexibility index (Phi) is 7.06. The summed E-state index contributed by atoms with van der Waals surface area (Å²) in [7, 11) is 0. The van der Waals surface area contributed by atoms with E-state index >= 15 is 0 Å². The fourth-order valence-electron chi connectivity index (χ4n) is 4.24. The number of rotatable bonds is 8. The van der Waals surface area contributed by atoms with Gasteiger partial charge in [-0.05, 0) is 62.2 Å². The number of hydrogen-bond acceptors (Lipinski definition) is 6. The van der Waals surface area contributed by atoms with Gasteiger partial charge in [-0.2, -0.15) is 0 Å². The normalized spacial score (nSPS) is 16.8. The van der Waals surface area contributed by atoms with Crippen molar-refractivity contribution in [2.24, 2.45) is 0 Å². The zero-order valence-corrected chi connectivity index (χ0v) is 20.7. The second-order valence-corrected chi connectivity index (χ2v) is 9.89. The molecule has 184 valence electrons. The van der Waals surface area contributed by atoms with Crippen LogP contribution in [0.1, 0.15) is 39.1 Å². The van der Waals surface area contributed by atoms with E-state index in [1.54, 1.807) is 42.5 Å². The highest BCUT2D eigenvalue weighted by atomic mass is 32.2. The second kappa shape index (κ2) is 10.6. The summed E-state index contributed by atoms with van der Waals surface area (Å²) in [5.41, 5.74) is 2.48. The molecule has 0 bridgehead atoms. The number of carbonyl (C=O) groups excluding carboxylic acids is 3. The molecule has 0 aliphatic carbocycles. The largest absolute Gasteiger partial charge is 0.457 e. The molecule has 0 spiro atoms. The second-order valence-electron chi connectivity index (χ2n) is 8.84. The van der Waals surface area contributed by atoms with E-state index in [1.165, 1.54) is 22.2 Å². The van der Waals surface area contributed by atoms with Gasteiger partial charge in [-0.15, -0.1) is 11.8 Å². The van der Waals surface area contributed by atoms with Crippen LogP contribution in [0.25, 0.3) is 0 Å². The molecular formula is C28H26N2O5S. The molecule has 3 aromatic rings. The van der Waals surface area contributed by atoms with E-state index in [2.05, 4.69) is 5.32 Å². The molecule has 5 rings (SSSR count). The van der Waals surface area contributed by atoms with Crippen molar-refractivity contribution in [3.8, 4) is 11.5 Å². The summed E-state index contributed by atoms with van der Waals surface area (Å²) in [4.78, 5) is 40.3. The highest BCUT2D eigenvalue weighted by Gasteiger charge is 2.37. The van der Waals surface area contributed by atoms with Crippen LogP contribution in [0.5, 0.6) is 11.5 Å². The van der Waals surface area contributed by atoms with Gasteiger partial charge in [0.2, 0.25) is 5.91 Å². The summed E-state index contributed by atoms with van der Waals surface area (Å²) >= 11 is 1.47. The first-order chi connectivity index (χ1) is 17.5. The Morgan fingerprint density at radius 1 is 1.03 bits per heavy atom. The monoisotopic (exact) mass is 502 g/mol. The summed E-state index contributed by atoms with van der Waals surface area (Å²) in [6, 6.07) is 20.0. The number of nitrogens with one attached hydrogen (secondary N) is 1. The average Bonchev–Trinajstić information content (AvgIpc) is 3.47. The number of imide groups is 1. The van der Waals surface area contributed by atoms with Crippen LogP contribution in [0, 0.1) is 6.92 Å². The first-order valence-corrected chi connectivity index (χ1v) is 12.8. The molecule has 2 aliphatic heterocycles. The number of carbonyl (C=O) groups is 3. The molecule has 2 heterocycles. The fourth-order valence-corrected chi connectivity index (χ4v) is 4.94. The van der Waals surface area contributed by atoms with Crippen molar-refractivity contribution < 1.29 is 23.9 Å². The van der Waals surface area contributed by atoms with Gasteiger partial charge in [0.05, 0.1) is 29.5 Å². The maximum absolute atomic E-state index is 12.9. The molecule has 0 saturated carbocycles. The SMILES string of the molecule is Cc1ccc(SCC(=O)Nc2cccc(Oc3ccc4c(c3)C(=O)N(CC3CCCO3)C4=O)c2)cc1. The van der Waals surface area contributed by atoms with Crippen molar-refractivity contribution in [3.05, 3.63) is 83.4 Å². The van der Waals surface area contributed by atoms with Crippen LogP contribution >= 0.6 is 11.8 Å². The van der Waals surface area contributed by atoms with E-state index in [-0.39, 0.29) is 36.1 Å². The molecule has 3 aromatic carbocycles. The van der Waals surface area contributed by atoms with E-state index in [9.17, 15) is 14.4 Å². The van der Waals surface area contributed by atoms with Gasteiger partial charge in [0, 0.05) is 23.3 Å². The Morgan fingerprint density at radius 2 is 1.81 bits per heavy atom. The number of ether oxygens (including phenoxy) is 2. The smallest absolute Gasteiger partial charge is 0.261 e. The van der Waals surface area contributed by atoms with E-state index in [0.29, 0.717) is 34.9 Å². The minimum atomic E-state index is -0.331. The molecule has 1 atom stereocenters. The van der Waals surface area contributed by atoms with E-state index in [1.807, 2.05) is 31.2 Å². The van der Waals surface area contributed by atoms with Gasteiger partial charge in [-0.3, -0.25) is 19.3 Å². The van der Waals surface area contributed by atoms with Crippen LogP contribution in [0.15, 0.2) is 71.6 Å². The van der Waals surface area contributed by atoms with Crippen LogP contribution in [-0.4, -0.2) is 47.6 Å². The number of thioether (sulfide) groups is 1. The third-order valence-corrected chi connectivity index (χ3v) is 7.11. The third-order valence-electron chi connectivity index (χ3n) is 6.10. The number of aryl methyl sites for hydroxylation is 1. The molecule has 3 amide bonds. The quantitative estimate of drug-likeness (QED) is 0.333. The number of benzene rings is 3. The molecule has 0 aromatic heterocycles. The molecule has 1 fully saturated rings. The average molecular weight is 503 g/mol. The van der Waals surface area contributed by atoms with Crippen molar-refractivity contribution >= 4 is 35.2 Å². The molecular weight excluding hydrogens is 476 g/mol. The van der Waals surface area contributed by atoms with Crippen LogP contribution < -0.4 is 10.1 Å². The summed E-state index contributed by atoms with van der Waals surface area (Å²) in [5, 5.41) is 2.89. The lowest BCUT2D eigenvalue weighted by Crippen LogP contribution is -2.36. The molecule has 36 heavy (non-hydrogen) atoms. The van der Waals surface area contributed by atoms with E-state index < -0.39 is 0 Å². The maximum atomic E-state index is 12.9. The number of amides is 3. The summed E-state index contributed by atoms with van der Waals surface area (Å²) in [5.74, 6) is 0.482. The third kappa shape index (κ3) is 5.45. The van der Waals surface area contributed by atoms with Crippen molar-refractivity contribution in [1.29, 1.82) is 0 Å². The molecule has 7 nitrogen and oxygen atoms in total. The van der Waals surface area contributed by atoms with Crippen molar-refractivity contribution in [3.63, 3.8) is 0 Å². The number of fused-ring (bicyclic) bond motifs is 1. The van der Waals surface area contributed by atoms with Gasteiger partial charge in [0.15, 0.2) is 0 Å². The highest BCUT2D eigenvalue weighted by molar-refractivity contribution is 8.00. The van der Waals surface area contributed by atoms with Crippen LogP contribution in [0.3, 0.4) is 0 Å². The Labute approximate surface area is 213 Å². The van der Waals surface area contributed by atoms with Gasteiger partial charge in [0.25, 0.3) is 11.8 Å². The van der Waals surface area contributed by atoms with Crippen molar-refractivity contribution in [1.82, 2.24) is 4.90 Å². The lowest BCUT2D eigenvalue weighted by atomic mass is 10.1. The Morgan fingerprint density at radius 3 is 2.58 bits per heavy atom. The molecule has 2 aliphatic rings. The first-order valence-electron chi connectivity index (χ1n) is 11.9. The molecule has 8 heteroatoms. The zero-order valence-electron chi connectivity index (χ0n) is 19.9. The van der Waals surface area contributed by atoms with Gasteiger partial charge < -0.3 is 14.8 Å². The van der Waals surface area contributed by atoms with Gasteiger partial charge in [0.1, 0.15) is 11.5 Å². The van der Waals surface area contributed by atoms with Crippen LogP contribution in [0.4, 0.5) is 5.69 Å². The summed E-state index contributed by atoms with van der Waals surface area (Å²) in [6.07, 6.45) is 1.69. The predicted octanol–water partition coefficient (Wildman–Crippen LogP) is 5.29. The number of anilines is 1. The molecule has 1 N–H and O–H groups in total. The Balaban J connectivity index is 1.21. The van der Waals surface area contributed by atoms with Crippen molar-refractivity contribution in [2.75, 3.05) is 24.2 Å². The van der Waals surface area contributed by atoms with Gasteiger partial charge in [-0.25, -0.2) is 0 Å². The first kappa shape index (κ1) is 24.1. The maximum Gasteiger partial charge on any atom is 0.261 e. The zero-order chi connectivity index (χ0) is 25.1. The molecule has 0 radical (unpaired) electrons. The minimum absolute atomic E-state index is 0.101. The van der Waals surface area contributed by atoms with Gasteiger partial charge >= 0.3 is 0 Å². The fraction of sp³-hybridized carbons (Fsp3) is 0.250. The molecule has 1 unspecified atom stereocenters. The Hall–Kier alpha value is -3.62. The molecule has 1 saturated heterocycles. The van der Waals surface area contributed by atoms with E-state index in [4.69, 9.17) is 9.47 Å². The number of nitrogens with zero attached hydrogens (tertiary/aromatic N) is 1. The minimum Gasteiger partial charge on any atom is -0.457 e.